The number of halogens is 2. The molecule has 60 heavy (non-hydrogen) atoms. The van der Waals surface area contributed by atoms with Crippen LogP contribution in [0.4, 0.5) is 8.78 Å². The molecule has 0 spiro atoms. The first-order valence-electron chi connectivity index (χ1n) is 20.4. The van der Waals surface area contributed by atoms with Gasteiger partial charge in [-0.25, -0.2) is 8.78 Å². The molecule has 0 N–H and O–H groups in total. The molecule has 10 aromatic rings. The monoisotopic (exact) mass is 852 g/mol. The highest BCUT2D eigenvalue weighted by Crippen LogP contribution is 2.69. The van der Waals surface area contributed by atoms with Crippen molar-refractivity contribution in [2.24, 2.45) is 0 Å². The summed E-state index contributed by atoms with van der Waals surface area (Å²) < 4.78 is 39.3. The summed E-state index contributed by atoms with van der Waals surface area (Å²) in [6.07, 6.45) is 0. The van der Waals surface area contributed by atoms with Gasteiger partial charge in [0.25, 0.3) is 0 Å². The predicted octanol–water partition coefficient (Wildman–Crippen LogP) is 16.2. The van der Waals surface area contributed by atoms with Crippen LogP contribution in [0.25, 0.3) is 50.5 Å². The van der Waals surface area contributed by atoms with Gasteiger partial charge in [0.2, 0.25) is 0 Å². The zero-order valence-corrected chi connectivity index (χ0v) is 37.2. The van der Waals surface area contributed by atoms with E-state index in [-0.39, 0.29) is 11.6 Å². The Balaban J connectivity index is 1.31. The van der Waals surface area contributed by atoms with Crippen LogP contribution >= 0.6 is 45.3 Å². The number of fused-ring (bicyclic) bond motifs is 11. The van der Waals surface area contributed by atoms with Crippen molar-refractivity contribution in [3.8, 4) is 20.9 Å². The molecule has 0 aliphatic heterocycles. The van der Waals surface area contributed by atoms with Crippen LogP contribution in [0.1, 0.15) is 76.5 Å². The summed E-state index contributed by atoms with van der Waals surface area (Å²) in [4.78, 5) is 4.11. The van der Waals surface area contributed by atoms with E-state index in [1.165, 1.54) is 44.9 Å². The van der Waals surface area contributed by atoms with Crippen LogP contribution < -0.4 is 0 Å². The summed E-state index contributed by atoms with van der Waals surface area (Å²) in [7, 11) is 0. The molecule has 0 fully saturated rings. The maximum atomic E-state index is 17.8. The lowest BCUT2D eigenvalue weighted by molar-refractivity contribution is 0.642. The normalized spacial score (nSPS) is 14.6. The number of rotatable bonds is 4. The van der Waals surface area contributed by atoms with Crippen LogP contribution in [0, 0.1) is 53.2 Å². The minimum absolute atomic E-state index is 0.151. The average molecular weight is 853 g/mol. The minimum Gasteiger partial charge on any atom is -0.205 e. The third kappa shape index (κ3) is 4.63. The summed E-state index contributed by atoms with van der Waals surface area (Å²) in [5.41, 5.74) is 12.9. The van der Waals surface area contributed by atoms with E-state index < -0.39 is 10.8 Å². The summed E-state index contributed by atoms with van der Waals surface area (Å²) in [6, 6.07) is 44.2. The van der Waals surface area contributed by atoms with Crippen molar-refractivity contribution in [2.75, 3.05) is 0 Å². The first-order chi connectivity index (χ1) is 29.0. The van der Waals surface area contributed by atoms with E-state index in [0.29, 0.717) is 20.5 Å². The van der Waals surface area contributed by atoms with Crippen molar-refractivity contribution in [3.63, 3.8) is 0 Å². The molecule has 0 radical (unpaired) electrons. The lowest BCUT2D eigenvalue weighted by Gasteiger charge is -2.34. The van der Waals surface area contributed by atoms with E-state index in [2.05, 4.69) is 163 Å². The maximum Gasteiger partial charge on any atom is 0.149 e. The average Bonchev–Trinajstić information content (AvgIpc) is 4.06. The van der Waals surface area contributed by atoms with Gasteiger partial charge >= 0.3 is 0 Å². The van der Waals surface area contributed by atoms with Gasteiger partial charge in [-0.3, -0.25) is 0 Å². The Labute approximate surface area is 364 Å². The second-order valence-electron chi connectivity index (χ2n) is 17.0. The molecule has 0 saturated heterocycles. The highest BCUT2D eigenvalue weighted by Gasteiger charge is 2.55. The predicted molar refractivity (Wildman–Crippen MR) is 253 cm³/mol. The molecule has 2 aliphatic rings. The van der Waals surface area contributed by atoms with Crippen LogP contribution in [-0.4, -0.2) is 0 Å². The number of hydrogen-bond donors (Lipinski definition) is 0. The first-order valence-corrected chi connectivity index (χ1v) is 23.6. The van der Waals surface area contributed by atoms with Gasteiger partial charge in [-0.05, 0) is 110 Å². The molecule has 6 aromatic carbocycles. The van der Waals surface area contributed by atoms with Crippen molar-refractivity contribution in [1.29, 1.82) is 0 Å². The molecule has 0 unspecified atom stereocenters. The van der Waals surface area contributed by atoms with E-state index in [0.717, 1.165) is 84.2 Å². The van der Waals surface area contributed by atoms with E-state index in [1.807, 2.05) is 0 Å². The second kappa shape index (κ2) is 12.7. The number of thiophene rings is 4. The van der Waals surface area contributed by atoms with E-state index in [1.54, 1.807) is 22.7 Å². The first kappa shape index (κ1) is 36.6. The van der Waals surface area contributed by atoms with Crippen LogP contribution in [-0.2, 0) is 10.8 Å². The molecule has 0 saturated carbocycles. The molecular formula is C54H38F2S4. The van der Waals surface area contributed by atoms with E-state index in [4.69, 9.17) is 0 Å². The van der Waals surface area contributed by atoms with E-state index >= 15 is 8.78 Å². The van der Waals surface area contributed by atoms with Crippen molar-refractivity contribution in [2.45, 2.75) is 52.4 Å². The highest BCUT2D eigenvalue weighted by molar-refractivity contribution is 7.32. The van der Waals surface area contributed by atoms with E-state index in [9.17, 15) is 0 Å². The van der Waals surface area contributed by atoms with Gasteiger partial charge in [-0.2, -0.15) is 0 Å². The van der Waals surface area contributed by atoms with Crippen LogP contribution in [0.15, 0.2) is 121 Å². The third-order valence-corrected chi connectivity index (χ3v) is 17.9. The Bertz CT molecular complexity index is 3100. The molecule has 6 heteroatoms. The zero-order valence-electron chi connectivity index (χ0n) is 33.9. The SMILES string of the molecule is Cc1ccc(C2(c3ccc(C)cc3)c3cc4cc(C)sc4c(F)c3-c3sc4c5c(sc4c32)-c2c(cc3cc(C)sc3c2F)C5(c2ccc(C)cc2)c2ccc(C)cc2)cc1. The topological polar surface area (TPSA) is 0 Å². The van der Waals surface area contributed by atoms with Crippen LogP contribution in [0.3, 0.4) is 0 Å². The Kier molecular flexibility index (Phi) is 7.72. The molecular weight excluding hydrogens is 815 g/mol. The van der Waals surface area contributed by atoms with Crippen molar-refractivity contribution in [3.05, 3.63) is 209 Å². The highest BCUT2D eigenvalue weighted by atomic mass is 32.1. The number of aryl methyl sites for hydroxylation is 6. The fourth-order valence-corrected chi connectivity index (χ4v) is 15.6. The van der Waals surface area contributed by atoms with Gasteiger partial charge in [0, 0.05) is 41.8 Å². The lowest BCUT2D eigenvalue weighted by Crippen LogP contribution is -2.29. The molecule has 4 aromatic heterocycles. The largest absolute Gasteiger partial charge is 0.205 e. The molecule has 4 heterocycles. The fourth-order valence-electron chi connectivity index (χ4n) is 10.6. The minimum atomic E-state index is -0.833. The van der Waals surface area contributed by atoms with Gasteiger partial charge in [-0.1, -0.05) is 119 Å². The summed E-state index contributed by atoms with van der Waals surface area (Å²) >= 11 is 6.47. The summed E-state index contributed by atoms with van der Waals surface area (Å²) in [6.45, 7) is 12.6. The van der Waals surface area contributed by atoms with Gasteiger partial charge in [-0.15, -0.1) is 45.3 Å². The molecule has 0 nitrogen and oxygen atoms in total. The summed E-state index contributed by atoms with van der Waals surface area (Å²) in [5, 5.41) is 1.86. The van der Waals surface area contributed by atoms with Crippen LogP contribution in [0.5, 0.6) is 0 Å². The molecule has 0 atom stereocenters. The van der Waals surface area contributed by atoms with Gasteiger partial charge in [0.1, 0.15) is 11.6 Å². The second-order valence-corrected chi connectivity index (χ2v) is 21.6. The molecule has 292 valence electrons. The molecule has 0 bridgehead atoms. The van der Waals surface area contributed by atoms with Crippen molar-refractivity contribution in [1.82, 2.24) is 0 Å². The number of benzene rings is 6. The van der Waals surface area contributed by atoms with Crippen molar-refractivity contribution >= 4 is 74.9 Å². The Morgan fingerprint density at radius 1 is 0.367 bits per heavy atom. The molecule has 2 aliphatic carbocycles. The number of hydrogen-bond acceptors (Lipinski definition) is 4. The lowest BCUT2D eigenvalue weighted by atomic mass is 9.66. The smallest absolute Gasteiger partial charge is 0.149 e. The zero-order chi connectivity index (χ0) is 41.0. The van der Waals surface area contributed by atoms with Crippen molar-refractivity contribution < 1.29 is 8.78 Å². The molecule has 0 amide bonds. The van der Waals surface area contributed by atoms with Gasteiger partial charge in [0.05, 0.1) is 29.6 Å². The fraction of sp³-hybridized carbons (Fsp3) is 0.148. The van der Waals surface area contributed by atoms with Gasteiger partial charge < -0.3 is 0 Å². The Morgan fingerprint density at radius 3 is 0.967 bits per heavy atom. The maximum absolute atomic E-state index is 17.8. The van der Waals surface area contributed by atoms with Crippen LogP contribution in [0.2, 0.25) is 0 Å². The molecule has 12 rings (SSSR count). The Hall–Kier alpha value is -5.24. The standard InChI is InChI=1S/C54H38F2S4/c1-27-7-15-35(16-8-27)53(36-17-9-28(2)10-18-36)39-25-33-23-31(5)57-47(33)45(55)41(39)49-43(53)51-52(59-49)44-50(60-51)42-40(26-34-24-32(6)58-48(34)46(42)56)54(44,37-19-11-29(3)12-20-37)38-21-13-30(4)14-22-38/h7-26H,1-6H3. The summed E-state index contributed by atoms with van der Waals surface area (Å²) in [5.74, 6) is -0.302. The third-order valence-electron chi connectivity index (χ3n) is 13.2. The van der Waals surface area contributed by atoms with Gasteiger partial charge in [0.15, 0.2) is 0 Å². The quantitative estimate of drug-likeness (QED) is 0.165. The Morgan fingerprint density at radius 2 is 0.667 bits per heavy atom.